The quantitative estimate of drug-likeness (QED) is 0.725. The fraction of sp³-hybridized carbons (Fsp3) is 0.0714. The van der Waals surface area contributed by atoms with E-state index in [0.29, 0.717) is 5.82 Å². The molecule has 0 radical (unpaired) electrons. The van der Waals surface area contributed by atoms with E-state index in [1.165, 1.54) is 0 Å². The summed E-state index contributed by atoms with van der Waals surface area (Å²) in [5, 5.41) is 0.721. The summed E-state index contributed by atoms with van der Waals surface area (Å²) in [4.78, 5) is 4.57. The van der Waals surface area contributed by atoms with E-state index >= 15 is 0 Å². The number of hydrogen-bond donors (Lipinski definition) is 1. The van der Waals surface area contributed by atoms with Gasteiger partial charge in [-0.15, -0.1) is 0 Å². The average Bonchev–Trinajstić information content (AvgIpc) is 2.68. The van der Waals surface area contributed by atoms with Gasteiger partial charge in [-0.25, -0.2) is 4.98 Å². The van der Waals surface area contributed by atoms with E-state index in [1.807, 2.05) is 53.9 Å². The maximum absolute atomic E-state index is 6.15. The summed E-state index contributed by atoms with van der Waals surface area (Å²) in [6, 6.07) is 11.5. The molecule has 2 aromatic heterocycles. The SMILES string of the molecule is Cc1cc(Cl)ccc1-c1nc2ccccn2c1N. The van der Waals surface area contributed by atoms with Crippen molar-refractivity contribution in [3.63, 3.8) is 0 Å². The highest BCUT2D eigenvalue weighted by Gasteiger charge is 2.12. The third-order valence-electron chi connectivity index (χ3n) is 3.01. The van der Waals surface area contributed by atoms with Gasteiger partial charge in [0.15, 0.2) is 0 Å². The molecule has 0 atom stereocenters. The molecule has 0 aliphatic carbocycles. The fourth-order valence-corrected chi connectivity index (χ4v) is 2.33. The largest absolute Gasteiger partial charge is 0.383 e. The minimum Gasteiger partial charge on any atom is -0.383 e. The Morgan fingerprint density at radius 1 is 1.22 bits per heavy atom. The van der Waals surface area contributed by atoms with Gasteiger partial charge in [-0.05, 0) is 36.8 Å². The predicted molar refractivity (Wildman–Crippen MR) is 74.8 cm³/mol. The van der Waals surface area contributed by atoms with Crippen LogP contribution in [0.15, 0.2) is 42.6 Å². The number of imidazole rings is 1. The molecule has 90 valence electrons. The maximum Gasteiger partial charge on any atom is 0.139 e. The summed E-state index contributed by atoms with van der Waals surface area (Å²) in [7, 11) is 0. The first-order valence-electron chi connectivity index (χ1n) is 5.66. The van der Waals surface area contributed by atoms with Crippen LogP contribution < -0.4 is 5.73 Å². The van der Waals surface area contributed by atoms with Gasteiger partial charge < -0.3 is 5.73 Å². The molecule has 2 N–H and O–H groups in total. The van der Waals surface area contributed by atoms with E-state index in [1.54, 1.807) is 0 Å². The van der Waals surface area contributed by atoms with Gasteiger partial charge in [0, 0.05) is 16.8 Å². The Balaban J connectivity index is 2.28. The summed E-state index contributed by atoms with van der Waals surface area (Å²) in [6.07, 6.45) is 1.91. The van der Waals surface area contributed by atoms with Gasteiger partial charge in [-0.3, -0.25) is 4.40 Å². The molecule has 1 aromatic carbocycles. The van der Waals surface area contributed by atoms with E-state index in [-0.39, 0.29) is 0 Å². The molecule has 3 rings (SSSR count). The second kappa shape index (κ2) is 4.03. The van der Waals surface area contributed by atoms with E-state index in [0.717, 1.165) is 27.5 Å². The monoisotopic (exact) mass is 257 g/mol. The molecule has 4 heteroatoms. The first-order valence-corrected chi connectivity index (χ1v) is 6.03. The van der Waals surface area contributed by atoms with Crippen LogP contribution in [0.5, 0.6) is 0 Å². The first-order chi connectivity index (χ1) is 8.66. The molecule has 0 unspecified atom stereocenters. The van der Waals surface area contributed by atoms with Gasteiger partial charge in [0.2, 0.25) is 0 Å². The third kappa shape index (κ3) is 1.64. The van der Waals surface area contributed by atoms with Gasteiger partial charge in [0.25, 0.3) is 0 Å². The third-order valence-corrected chi connectivity index (χ3v) is 3.25. The summed E-state index contributed by atoms with van der Waals surface area (Å²) in [6.45, 7) is 2.00. The molecule has 0 bridgehead atoms. The Morgan fingerprint density at radius 2 is 2.06 bits per heavy atom. The molecule has 18 heavy (non-hydrogen) atoms. The number of nitrogens with zero attached hydrogens (tertiary/aromatic N) is 2. The molecule has 0 aliphatic rings. The Morgan fingerprint density at radius 3 is 2.78 bits per heavy atom. The van der Waals surface area contributed by atoms with Crippen LogP contribution in [-0.4, -0.2) is 9.38 Å². The Kier molecular flexibility index (Phi) is 2.49. The van der Waals surface area contributed by atoms with Crippen molar-refractivity contribution >= 4 is 23.1 Å². The van der Waals surface area contributed by atoms with Crippen LogP contribution in [0.4, 0.5) is 5.82 Å². The van der Waals surface area contributed by atoms with E-state index in [2.05, 4.69) is 4.98 Å². The molecule has 0 spiro atoms. The topological polar surface area (TPSA) is 43.3 Å². The van der Waals surface area contributed by atoms with Crippen molar-refractivity contribution in [2.45, 2.75) is 6.92 Å². The number of nitrogens with two attached hydrogens (primary N) is 1. The molecule has 0 fully saturated rings. The van der Waals surface area contributed by atoms with Gasteiger partial charge in [-0.2, -0.15) is 0 Å². The number of aromatic nitrogens is 2. The van der Waals surface area contributed by atoms with Crippen molar-refractivity contribution in [2.24, 2.45) is 0 Å². The highest BCUT2D eigenvalue weighted by molar-refractivity contribution is 6.30. The smallest absolute Gasteiger partial charge is 0.139 e. The van der Waals surface area contributed by atoms with Gasteiger partial charge >= 0.3 is 0 Å². The number of pyridine rings is 1. The minimum atomic E-state index is 0.649. The van der Waals surface area contributed by atoms with Crippen LogP contribution >= 0.6 is 11.6 Å². The van der Waals surface area contributed by atoms with Crippen molar-refractivity contribution in [2.75, 3.05) is 5.73 Å². The Hall–Kier alpha value is -2.00. The highest BCUT2D eigenvalue weighted by Crippen LogP contribution is 2.30. The van der Waals surface area contributed by atoms with Crippen LogP contribution in [0, 0.1) is 6.92 Å². The van der Waals surface area contributed by atoms with Crippen molar-refractivity contribution < 1.29 is 0 Å². The zero-order valence-electron chi connectivity index (χ0n) is 9.89. The zero-order chi connectivity index (χ0) is 12.7. The van der Waals surface area contributed by atoms with Crippen molar-refractivity contribution in [3.8, 4) is 11.3 Å². The van der Waals surface area contributed by atoms with E-state index < -0.39 is 0 Å². The second-order valence-electron chi connectivity index (χ2n) is 4.23. The number of anilines is 1. The Labute approximate surface area is 110 Å². The predicted octanol–water partition coefficient (Wildman–Crippen LogP) is 3.55. The maximum atomic E-state index is 6.15. The molecular weight excluding hydrogens is 246 g/mol. The van der Waals surface area contributed by atoms with Gasteiger partial charge in [0.05, 0.1) is 0 Å². The fourth-order valence-electron chi connectivity index (χ4n) is 2.11. The van der Waals surface area contributed by atoms with Crippen LogP contribution in [0.25, 0.3) is 16.9 Å². The number of aryl methyl sites for hydroxylation is 1. The lowest BCUT2D eigenvalue weighted by molar-refractivity contribution is 1.20. The molecule has 0 aliphatic heterocycles. The van der Waals surface area contributed by atoms with Crippen molar-refractivity contribution in [1.82, 2.24) is 9.38 Å². The van der Waals surface area contributed by atoms with E-state index in [9.17, 15) is 0 Å². The van der Waals surface area contributed by atoms with Crippen LogP contribution in [0.3, 0.4) is 0 Å². The lowest BCUT2D eigenvalue weighted by Crippen LogP contribution is -1.94. The molecule has 0 amide bonds. The second-order valence-corrected chi connectivity index (χ2v) is 4.67. The van der Waals surface area contributed by atoms with Gasteiger partial charge in [0.1, 0.15) is 17.2 Å². The van der Waals surface area contributed by atoms with Crippen molar-refractivity contribution in [3.05, 3.63) is 53.2 Å². The number of hydrogen-bond acceptors (Lipinski definition) is 2. The van der Waals surface area contributed by atoms with Crippen LogP contribution in [-0.2, 0) is 0 Å². The zero-order valence-corrected chi connectivity index (χ0v) is 10.6. The average molecular weight is 258 g/mol. The molecule has 3 aromatic rings. The highest BCUT2D eigenvalue weighted by atomic mass is 35.5. The number of rotatable bonds is 1. The van der Waals surface area contributed by atoms with Gasteiger partial charge in [-0.1, -0.05) is 23.7 Å². The summed E-state index contributed by atoms with van der Waals surface area (Å²) in [5.74, 6) is 0.649. The Bertz CT molecular complexity index is 731. The number of fused-ring (bicyclic) bond motifs is 1. The lowest BCUT2D eigenvalue weighted by atomic mass is 10.1. The normalized spacial score (nSPS) is 11.0. The molecule has 2 heterocycles. The molecular formula is C14H12ClN3. The van der Waals surface area contributed by atoms with Crippen LogP contribution in [0.1, 0.15) is 5.56 Å². The first kappa shape index (κ1) is 11.1. The molecule has 3 nitrogen and oxygen atoms in total. The lowest BCUT2D eigenvalue weighted by Gasteiger charge is -2.04. The number of benzene rings is 1. The van der Waals surface area contributed by atoms with Crippen LogP contribution in [0.2, 0.25) is 5.02 Å². The number of nitrogen functional groups attached to an aromatic ring is 1. The van der Waals surface area contributed by atoms with E-state index in [4.69, 9.17) is 17.3 Å². The molecule has 0 saturated heterocycles. The van der Waals surface area contributed by atoms with Crippen molar-refractivity contribution in [1.29, 1.82) is 0 Å². The standard InChI is InChI=1S/C14H12ClN3/c1-9-8-10(15)5-6-11(9)13-14(16)18-7-3-2-4-12(18)17-13/h2-8H,16H2,1H3. The summed E-state index contributed by atoms with van der Waals surface area (Å²) >= 11 is 5.97. The minimum absolute atomic E-state index is 0.649. The molecule has 0 saturated carbocycles. The summed E-state index contributed by atoms with van der Waals surface area (Å²) in [5.41, 5.74) is 9.87. The summed E-state index contributed by atoms with van der Waals surface area (Å²) < 4.78 is 1.88. The number of halogens is 1.